The fourth-order valence-electron chi connectivity index (χ4n) is 2.99. The summed E-state index contributed by atoms with van der Waals surface area (Å²) in [5.74, 6) is 1.04. The number of halogens is 1. The van der Waals surface area contributed by atoms with Crippen LogP contribution in [0.25, 0.3) is 10.9 Å². The predicted molar refractivity (Wildman–Crippen MR) is 120 cm³/mol. The number of carbonyl (C=O) groups excluding carboxylic acids is 1. The average molecular weight is 431 g/mol. The smallest absolute Gasteiger partial charge is 0.166 e. The van der Waals surface area contributed by atoms with Crippen molar-refractivity contribution in [3.05, 3.63) is 59.2 Å². The van der Waals surface area contributed by atoms with Crippen molar-refractivity contribution < 1.29 is 14.1 Å². The predicted octanol–water partition coefficient (Wildman–Crippen LogP) is 5.37. The molecule has 3 rings (SSSR count). The number of aromatic nitrogens is 1. The molecule has 0 spiro atoms. The second-order valence-corrected chi connectivity index (χ2v) is 8.56. The van der Waals surface area contributed by atoms with E-state index in [1.165, 1.54) is 0 Å². The van der Waals surface area contributed by atoms with E-state index in [0.29, 0.717) is 52.0 Å². The number of carbonyl (C=O) groups is 1. The van der Waals surface area contributed by atoms with Crippen LogP contribution in [-0.4, -0.2) is 33.9 Å². The fraction of sp³-hybridized carbons (Fsp3) is 0.273. The number of ether oxygens (including phenoxy) is 1. The van der Waals surface area contributed by atoms with Gasteiger partial charge in [0.25, 0.3) is 0 Å². The highest BCUT2D eigenvalue weighted by Gasteiger charge is 2.18. The van der Waals surface area contributed by atoms with E-state index in [4.69, 9.17) is 16.3 Å². The standard InChI is InChI=1S/C22H23ClN2O3S/c1-3-7-19(26)16-14-24-22-15(8-6-11-20(22)28-12-13-29(2)27)21(16)25-18-10-5-4-9-17(18)23/h4-6,8-11,14H,3,7,12-13H2,1-2H3,(H,24,25). The summed E-state index contributed by atoms with van der Waals surface area (Å²) in [6.07, 6.45) is 4.41. The summed E-state index contributed by atoms with van der Waals surface area (Å²) in [7, 11) is 0. The van der Waals surface area contributed by atoms with Crippen LogP contribution < -0.4 is 10.1 Å². The highest BCUT2D eigenvalue weighted by molar-refractivity contribution is 7.90. The lowest BCUT2D eigenvalue weighted by Gasteiger charge is -2.17. The first kappa shape index (κ1) is 21.4. The number of ketones is 1. The zero-order valence-corrected chi connectivity index (χ0v) is 18.0. The second kappa shape index (κ2) is 9.96. The van der Waals surface area contributed by atoms with Gasteiger partial charge in [-0.05, 0) is 24.6 Å². The summed E-state index contributed by atoms with van der Waals surface area (Å²) in [4.78, 5) is 17.3. The van der Waals surface area contributed by atoms with Crippen molar-refractivity contribution in [2.75, 3.05) is 23.9 Å². The Balaban J connectivity index is 2.09. The lowest BCUT2D eigenvalue weighted by molar-refractivity contribution is 0.0982. The van der Waals surface area contributed by atoms with Gasteiger partial charge in [-0.15, -0.1) is 0 Å². The Morgan fingerprint density at radius 3 is 2.76 bits per heavy atom. The number of Topliss-reactive ketones (excluding diaryl/α,β-unsaturated/α-hetero) is 1. The Labute approximate surface area is 178 Å². The third-order valence-corrected chi connectivity index (χ3v) is 5.47. The number of fused-ring (bicyclic) bond motifs is 1. The van der Waals surface area contributed by atoms with Gasteiger partial charge in [0, 0.05) is 18.0 Å². The molecule has 1 heterocycles. The van der Waals surface area contributed by atoms with Gasteiger partial charge >= 0.3 is 0 Å². The normalized spacial score (nSPS) is 12.0. The molecular weight excluding hydrogens is 408 g/mol. The van der Waals surface area contributed by atoms with Crippen LogP contribution in [0.5, 0.6) is 5.75 Å². The first-order valence-corrected chi connectivity index (χ1v) is 11.5. The Kier molecular flexibility index (Phi) is 7.36. The Hall–Kier alpha value is -2.28. The minimum atomic E-state index is -0.936. The summed E-state index contributed by atoms with van der Waals surface area (Å²) in [6.45, 7) is 2.30. The van der Waals surface area contributed by atoms with Crippen molar-refractivity contribution in [3.8, 4) is 5.75 Å². The number of para-hydroxylation sites is 2. The number of nitrogens with zero attached hydrogens (tertiary/aromatic N) is 1. The van der Waals surface area contributed by atoms with E-state index in [2.05, 4.69) is 10.3 Å². The molecule has 5 nitrogen and oxygen atoms in total. The largest absolute Gasteiger partial charge is 0.616 e. The van der Waals surface area contributed by atoms with E-state index in [1.54, 1.807) is 18.5 Å². The van der Waals surface area contributed by atoms with Crippen LogP contribution in [0.1, 0.15) is 30.1 Å². The van der Waals surface area contributed by atoms with E-state index in [1.807, 2.05) is 43.3 Å². The van der Waals surface area contributed by atoms with E-state index in [-0.39, 0.29) is 5.78 Å². The molecule has 29 heavy (non-hydrogen) atoms. The number of anilines is 2. The quantitative estimate of drug-likeness (QED) is 0.364. The van der Waals surface area contributed by atoms with Gasteiger partial charge in [-0.1, -0.05) is 54.0 Å². The maximum absolute atomic E-state index is 12.7. The third-order valence-electron chi connectivity index (χ3n) is 4.40. The summed E-state index contributed by atoms with van der Waals surface area (Å²) in [6, 6.07) is 13.0. The molecule has 152 valence electrons. The molecule has 0 amide bonds. The lowest BCUT2D eigenvalue weighted by atomic mass is 10.0. The second-order valence-electron chi connectivity index (χ2n) is 6.60. The van der Waals surface area contributed by atoms with Crippen molar-refractivity contribution in [2.24, 2.45) is 0 Å². The number of hydrogen-bond donors (Lipinski definition) is 1. The Bertz CT molecular complexity index is 1010. The molecular formula is C22H23ClN2O3S. The SMILES string of the molecule is CCCC(=O)c1cnc2c(OCC[S+](C)[O-])cccc2c1Nc1ccccc1Cl. The minimum absolute atomic E-state index is 0.0177. The van der Waals surface area contributed by atoms with Crippen molar-refractivity contribution >= 4 is 50.8 Å². The number of hydrogen-bond acceptors (Lipinski definition) is 5. The highest BCUT2D eigenvalue weighted by Crippen LogP contribution is 2.35. The van der Waals surface area contributed by atoms with Gasteiger partial charge < -0.3 is 14.6 Å². The van der Waals surface area contributed by atoms with E-state index < -0.39 is 11.2 Å². The van der Waals surface area contributed by atoms with Crippen molar-refractivity contribution in [3.63, 3.8) is 0 Å². The van der Waals surface area contributed by atoms with Crippen LogP contribution >= 0.6 is 11.6 Å². The molecule has 0 saturated heterocycles. The van der Waals surface area contributed by atoms with Gasteiger partial charge in [-0.25, -0.2) is 0 Å². The van der Waals surface area contributed by atoms with E-state index in [9.17, 15) is 9.35 Å². The Morgan fingerprint density at radius 1 is 1.24 bits per heavy atom. The number of nitrogens with one attached hydrogen (secondary N) is 1. The molecule has 1 unspecified atom stereocenters. The fourth-order valence-corrected chi connectivity index (χ4v) is 3.49. The number of pyridine rings is 1. The summed E-state index contributed by atoms with van der Waals surface area (Å²) in [5, 5.41) is 4.65. The molecule has 0 fully saturated rings. The Morgan fingerprint density at radius 2 is 2.03 bits per heavy atom. The molecule has 7 heteroatoms. The summed E-state index contributed by atoms with van der Waals surface area (Å²) in [5.41, 5.74) is 2.52. The lowest BCUT2D eigenvalue weighted by Crippen LogP contribution is -2.12. The topological polar surface area (TPSA) is 74.3 Å². The van der Waals surface area contributed by atoms with Crippen LogP contribution in [0, 0.1) is 0 Å². The van der Waals surface area contributed by atoms with Gasteiger partial charge in [-0.2, -0.15) is 0 Å². The molecule has 2 aromatic carbocycles. The monoisotopic (exact) mass is 430 g/mol. The van der Waals surface area contributed by atoms with Crippen molar-refractivity contribution in [1.82, 2.24) is 4.98 Å². The van der Waals surface area contributed by atoms with Crippen molar-refractivity contribution in [1.29, 1.82) is 0 Å². The molecule has 0 aliphatic carbocycles. The highest BCUT2D eigenvalue weighted by atomic mass is 35.5. The summed E-state index contributed by atoms with van der Waals surface area (Å²) >= 11 is 5.40. The maximum atomic E-state index is 12.7. The number of benzene rings is 2. The maximum Gasteiger partial charge on any atom is 0.166 e. The molecule has 0 aliphatic heterocycles. The third kappa shape index (κ3) is 5.21. The van der Waals surface area contributed by atoms with Gasteiger partial charge in [0.2, 0.25) is 0 Å². The summed E-state index contributed by atoms with van der Waals surface area (Å²) < 4.78 is 17.1. The first-order valence-electron chi connectivity index (χ1n) is 9.40. The van der Waals surface area contributed by atoms with E-state index >= 15 is 0 Å². The van der Waals surface area contributed by atoms with Crippen LogP contribution in [0.15, 0.2) is 48.7 Å². The molecule has 3 aromatic rings. The zero-order valence-electron chi connectivity index (χ0n) is 16.4. The van der Waals surface area contributed by atoms with Gasteiger partial charge in [0.05, 0.1) is 28.2 Å². The van der Waals surface area contributed by atoms with Gasteiger partial charge in [-0.3, -0.25) is 9.78 Å². The zero-order chi connectivity index (χ0) is 20.8. The van der Waals surface area contributed by atoms with Crippen LogP contribution in [-0.2, 0) is 11.2 Å². The minimum Gasteiger partial charge on any atom is -0.616 e. The van der Waals surface area contributed by atoms with Crippen molar-refractivity contribution in [2.45, 2.75) is 19.8 Å². The number of rotatable bonds is 9. The van der Waals surface area contributed by atoms with Crippen LogP contribution in [0.3, 0.4) is 0 Å². The molecule has 0 aliphatic rings. The van der Waals surface area contributed by atoms with Gasteiger partial charge in [0.15, 0.2) is 5.78 Å². The first-order chi connectivity index (χ1) is 14.0. The molecule has 1 aromatic heterocycles. The average Bonchev–Trinajstić information content (AvgIpc) is 2.70. The molecule has 0 saturated carbocycles. The molecule has 1 atom stereocenters. The van der Waals surface area contributed by atoms with Crippen LogP contribution in [0.4, 0.5) is 11.4 Å². The molecule has 0 bridgehead atoms. The van der Waals surface area contributed by atoms with Gasteiger partial charge in [0.1, 0.15) is 23.6 Å². The van der Waals surface area contributed by atoms with Crippen LogP contribution in [0.2, 0.25) is 5.02 Å². The van der Waals surface area contributed by atoms with E-state index in [0.717, 1.165) is 11.8 Å². The molecule has 0 radical (unpaired) electrons. The molecule has 1 N–H and O–H groups in total.